The molecule has 0 spiro atoms. The molecule has 4 heteroatoms. The zero-order valence-corrected chi connectivity index (χ0v) is 11.3. The fourth-order valence-corrected chi connectivity index (χ4v) is 2.12. The number of amides is 1. The van der Waals surface area contributed by atoms with Gasteiger partial charge in [0.25, 0.3) is 0 Å². The lowest BCUT2D eigenvalue weighted by molar-refractivity contribution is -0.119. The van der Waals surface area contributed by atoms with Gasteiger partial charge in [-0.15, -0.1) is 0 Å². The number of hydrogen-bond acceptors (Lipinski definition) is 2. The van der Waals surface area contributed by atoms with Crippen molar-refractivity contribution >= 4 is 22.4 Å². The Morgan fingerprint density at radius 1 is 1.41 bits per heavy atom. The summed E-state index contributed by atoms with van der Waals surface area (Å²) < 4.78 is 11.2. The van der Waals surface area contributed by atoms with E-state index in [0.717, 1.165) is 17.7 Å². The molecule has 0 fully saturated rings. The Bertz CT molecular complexity index is 418. The number of carbonyl (C=O) groups excluding carboxylic acids is 1. The predicted octanol–water partition coefficient (Wildman–Crippen LogP) is 2.55. The monoisotopic (exact) mass is 253 g/mol. The molecule has 3 nitrogen and oxygen atoms in total. The fourth-order valence-electron chi connectivity index (χ4n) is 1.43. The molecule has 1 amide bonds. The summed E-state index contributed by atoms with van der Waals surface area (Å²) in [6.45, 7) is 3.88. The van der Waals surface area contributed by atoms with Gasteiger partial charge in [0.15, 0.2) is 0 Å². The average molecular weight is 253 g/mol. The van der Waals surface area contributed by atoms with E-state index in [1.54, 1.807) is 6.26 Å². The van der Waals surface area contributed by atoms with Gasteiger partial charge in [0.1, 0.15) is 0 Å². The summed E-state index contributed by atoms with van der Waals surface area (Å²) in [7, 11) is -0.905. The van der Waals surface area contributed by atoms with Crippen LogP contribution in [0.5, 0.6) is 0 Å². The summed E-state index contributed by atoms with van der Waals surface area (Å²) in [4.78, 5) is 11.8. The lowest BCUT2D eigenvalue weighted by Gasteiger charge is -2.13. The summed E-state index contributed by atoms with van der Waals surface area (Å²) in [5.74, 6) is 0.480. The SMILES string of the molecule is CC[C@@H](C)C(=O)Nc1ccccc1C[S@@](C)=O. The number of carbonyl (C=O) groups is 1. The Hall–Kier alpha value is -1.16. The Morgan fingerprint density at radius 2 is 2.06 bits per heavy atom. The first-order valence-electron chi connectivity index (χ1n) is 5.73. The molecule has 0 saturated carbocycles. The van der Waals surface area contributed by atoms with E-state index in [-0.39, 0.29) is 11.8 Å². The third kappa shape index (κ3) is 4.30. The van der Waals surface area contributed by atoms with Crippen LogP contribution in [0.15, 0.2) is 24.3 Å². The highest BCUT2D eigenvalue weighted by molar-refractivity contribution is 7.83. The number of benzene rings is 1. The second kappa shape index (κ2) is 6.55. The minimum absolute atomic E-state index is 0.00446. The molecule has 0 aromatic heterocycles. The van der Waals surface area contributed by atoms with Gasteiger partial charge in [-0.2, -0.15) is 0 Å². The Balaban J connectivity index is 2.83. The molecule has 0 radical (unpaired) electrons. The van der Waals surface area contributed by atoms with Gasteiger partial charge in [-0.3, -0.25) is 9.00 Å². The zero-order chi connectivity index (χ0) is 12.8. The maximum atomic E-state index is 11.8. The molecular weight excluding hydrogens is 234 g/mol. The molecule has 0 aliphatic carbocycles. The van der Waals surface area contributed by atoms with E-state index in [4.69, 9.17) is 0 Å². The van der Waals surface area contributed by atoms with Crippen LogP contribution in [0, 0.1) is 5.92 Å². The highest BCUT2D eigenvalue weighted by atomic mass is 32.2. The number of anilines is 1. The van der Waals surface area contributed by atoms with Crippen molar-refractivity contribution in [2.75, 3.05) is 11.6 Å². The average Bonchev–Trinajstić information content (AvgIpc) is 2.29. The van der Waals surface area contributed by atoms with Gasteiger partial charge in [0, 0.05) is 28.7 Å². The molecule has 1 aromatic rings. The normalized spacial score (nSPS) is 14.1. The van der Waals surface area contributed by atoms with Crippen LogP contribution < -0.4 is 5.32 Å². The maximum Gasteiger partial charge on any atom is 0.227 e. The molecule has 1 N–H and O–H groups in total. The topological polar surface area (TPSA) is 46.2 Å². The first kappa shape index (κ1) is 13.9. The van der Waals surface area contributed by atoms with Crippen molar-refractivity contribution in [3.05, 3.63) is 29.8 Å². The highest BCUT2D eigenvalue weighted by Gasteiger charge is 2.12. The van der Waals surface area contributed by atoms with Gasteiger partial charge < -0.3 is 5.32 Å². The predicted molar refractivity (Wildman–Crippen MR) is 72.3 cm³/mol. The molecule has 0 aliphatic rings. The minimum atomic E-state index is -0.905. The first-order valence-corrected chi connectivity index (χ1v) is 7.46. The van der Waals surface area contributed by atoms with Gasteiger partial charge in [-0.05, 0) is 18.1 Å². The van der Waals surface area contributed by atoms with Crippen molar-refractivity contribution in [2.24, 2.45) is 5.92 Å². The quantitative estimate of drug-likeness (QED) is 0.876. The maximum absolute atomic E-state index is 11.8. The van der Waals surface area contributed by atoms with E-state index >= 15 is 0 Å². The van der Waals surface area contributed by atoms with Crippen LogP contribution >= 0.6 is 0 Å². The lowest BCUT2D eigenvalue weighted by Crippen LogP contribution is -2.20. The molecule has 0 bridgehead atoms. The van der Waals surface area contributed by atoms with E-state index in [1.807, 2.05) is 38.1 Å². The van der Waals surface area contributed by atoms with Crippen molar-refractivity contribution in [2.45, 2.75) is 26.0 Å². The number of rotatable bonds is 5. The molecule has 2 atom stereocenters. The van der Waals surface area contributed by atoms with Gasteiger partial charge in [0.05, 0.1) is 5.75 Å². The van der Waals surface area contributed by atoms with E-state index in [1.165, 1.54) is 0 Å². The standard InChI is InChI=1S/C13H19NO2S/c1-4-10(2)13(15)14-12-8-6-5-7-11(12)9-17(3)16/h5-8,10H,4,9H2,1-3H3,(H,14,15)/t10-,17-/m1/s1. The molecular formula is C13H19NO2S. The van der Waals surface area contributed by atoms with Gasteiger partial charge in [-0.1, -0.05) is 32.0 Å². The molecule has 1 rings (SSSR count). The van der Waals surface area contributed by atoms with E-state index < -0.39 is 10.8 Å². The Kier molecular flexibility index (Phi) is 5.35. The van der Waals surface area contributed by atoms with Crippen molar-refractivity contribution in [1.82, 2.24) is 0 Å². The molecule has 0 unspecified atom stereocenters. The zero-order valence-electron chi connectivity index (χ0n) is 10.5. The van der Waals surface area contributed by atoms with Gasteiger partial charge in [0.2, 0.25) is 5.91 Å². The largest absolute Gasteiger partial charge is 0.326 e. The molecule has 94 valence electrons. The van der Waals surface area contributed by atoms with E-state index in [0.29, 0.717) is 5.75 Å². The van der Waals surface area contributed by atoms with Crippen molar-refractivity contribution in [3.8, 4) is 0 Å². The van der Waals surface area contributed by atoms with Crippen molar-refractivity contribution in [1.29, 1.82) is 0 Å². The fraction of sp³-hybridized carbons (Fsp3) is 0.462. The number of hydrogen-bond donors (Lipinski definition) is 1. The smallest absolute Gasteiger partial charge is 0.227 e. The van der Waals surface area contributed by atoms with E-state index in [9.17, 15) is 9.00 Å². The van der Waals surface area contributed by atoms with Gasteiger partial charge in [-0.25, -0.2) is 0 Å². The molecule has 0 saturated heterocycles. The first-order chi connectivity index (χ1) is 8.04. The second-order valence-electron chi connectivity index (χ2n) is 4.17. The van der Waals surface area contributed by atoms with Crippen LogP contribution in [0.2, 0.25) is 0 Å². The van der Waals surface area contributed by atoms with Crippen LogP contribution in [0.25, 0.3) is 0 Å². The molecule has 0 aliphatic heterocycles. The second-order valence-corrected chi connectivity index (χ2v) is 5.61. The van der Waals surface area contributed by atoms with Crippen molar-refractivity contribution < 1.29 is 9.00 Å². The molecule has 17 heavy (non-hydrogen) atoms. The van der Waals surface area contributed by atoms with Crippen LogP contribution in [0.1, 0.15) is 25.8 Å². The molecule has 0 heterocycles. The third-order valence-electron chi connectivity index (χ3n) is 2.69. The van der Waals surface area contributed by atoms with Crippen molar-refractivity contribution in [3.63, 3.8) is 0 Å². The van der Waals surface area contributed by atoms with E-state index in [2.05, 4.69) is 5.32 Å². The van der Waals surface area contributed by atoms with Crippen LogP contribution in [0.3, 0.4) is 0 Å². The highest BCUT2D eigenvalue weighted by Crippen LogP contribution is 2.18. The summed E-state index contributed by atoms with van der Waals surface area (Å²) in [6, 6.07) is 7.51. The molecule has 1 aromatic carbocycles. The summed E-state index contributed by atoms with van der Waals surface area (Å²) in [6.07, 6.45) is 2.47. The third-order valence-corrected chi connectivity index (χ3v) is 3.41. The van der Waals surface area contributed by atoms with Crippen LogP contribution in [-0.2, 0) is 21.3 Å². The minimum Gasteiger partial charge on any atom is -0.326 e. The summed E-state index contributed by atoms with van der Waals surface area (Å²) >= 11 is 0. The van der Waals surface area contributed by atoms with Gasteiger partial charge >= 0.3 is 0 Å². The lowest BCUT2D eigenvalue weighted by atomic mass is 10.1. The Labute approximate surface area is 105 Å². The summed E-state index contributed by atoms with van der Waals surface area (Å²) in [5, 5.41) is 2.89. The number of para-hydroxylation sites is 1. The summed E-state index contributed by atoms with van der Waals surface area (Å²) in [5.41, 5.74) is 1.69. The number of nitrogens with one attached hydrogen (secondary N) is 1. The van der Waals surface area contributed by atoms with Crippen LogP contribution in [-0.4, -0.2) is 16.4 Å². The van der Waals surface area contributed by atoms with Crippen LogP contribution in [0.4, 0.5) is 5.69 Å². The Morgan fingerprint density at radius 3 is 2.65 bits per heavy atom.